The number of carbonyl (C=O) groups excluding carboxylic acids is 1. The van der Waals surface area contributed by atoms with Gasteiger partial charge in [-0.25, -0.2) is 13.2 Å². The fourth-order valence-corrected chi connectivity index (χ4v) is 5.20. The molecule has 1 amide bonds. The third kappa shape index (κ3) is 4.47. The number of benzene rings is 2. The van der Waals surface area contributed by atoms with E-state index in [0.717, 1.165) is 16.6 Å². The van der Waals surface area contributed by atoms with Crippen LogP contribution in [0.25, 0.3) is 11.0 Å². The number of rotatable bonds is 7. The van der Waals surface area contributed by atoms with Crippen molar-refractivity contribution in [1.29, 1.82) is 0 Å². The van der Waals surface area contributed by atoms with Gasteiger partial charge in [0.15, 0.2) is 0 Å². The molecule has 0 saturated carbocycles. The largest absolute Gasteiger partial charge is 0.379 e. The molecule has 9 nitrogen and oxygen atoms in total. The summed E-state index contributed by atoms with van der Waals surface area (Å²) >= 11 is 0. The van der Waals surface area contributed by atoms with E-state index in [9.17, 15) is 18.0 Å². The number of amides is 1. The Morgan fingerprint density at radius 1 is 1.03 bits per heavy atom. The SMILES string of the molecule is Cn1c(=O)n(CCC(=O)NCc2ccc(S(=O)(=O)N3CCOCC3)cc2)c2ccccc21. The molecule has 0 atom stereocenters. The zero-order valence-electron chi connectivity index (χ0n) is 17.9. The smallest absolute Gasteiger partial charge is 0.328 e. The average Bonchev–Trinajstić information content (AvgIpc) is 3.07. The topological polar surface area (TPSA) is 103 Å². The second kappa shape index (κ2) is 9.27. The number of nitrogens with zero attached hydrogens (tertiary/aromatic N) is 3. The molecule has 1 saturated heterocycles. The Bertz CT molecular complexity index is 1270. The molecule has 10 heteroatoms. The minimum Gasteiger partial charge on any atom is -0.379 e. The standard InChI is InChI=1S/C22H26N4O5S/c1-24-19-4-2-3-5-20(19)26(22(24)28)11-10-21(27)23-16-17-6-8-18(9-7-17)32(29,30)25-12-14-31-15-13-25/h2-9H,10-16H2,1H3,(H,23,27). The summed E-state index contributed by atoms with van der Waals surface area (Å²) in [6.07, 6.45) is 0.164. The van der Waals surface area contributed by atoms with Gasteiger partial charge in [0.05, 0.1) is 29.1 Å². The average molecular weight is 459 g/mol. The molecule has 170 valence electrons. The molecule has 1 fully saturated rings. The fraction of sp³-hybridized carbons (Fsp3) is 0.364. The highest BCUT2D eigenvalue weighted by Crippen LogP contribution is 2.18. The van der Waals surface area contributed by atoms with Crippen molar-refractivity contribution in [2.75, 3.05) is 26.3 Å². The molecule has 0 bridgehead atoms. The lowest BCUT2D eigenvalue weighted by atomic mass is 10.2. The summed E-state index contributed by atoms with van der Waals surface area (Å²) in [4.78, 5) is 25.0. The highest BCUT2D eigenvalue weighted by molar-refractivity contribution is 7.89. The maximum absolute atomic E-state index is 12.7. The minimum atomic E-state index is -3.54. The van der Waals surface area contributed by atoms with Crippen molar-refractivity contribution in [2.24, 2.45) is 7.05 Å². The molecule has 1 N–H and O–H groups in total. The number of carbonyl (C=O) groups is 1. The zero-order valence-corrected chi connectivity index (χ0v) is 18.7. The lowest BCUT2D eigenvalue weighted by Crippen LogP contribution is -2.40. The number of hydrogen-bond acceptors (Lipinski definition) is 5. The second-order valence-corrected chi connectivity index (χ2v) is 9.61. The van der Waals surface area contributed by atoms with Crippen LogP contribution in [0.15, 0.2) is 58.2 Å². The Kier molecular flexibility index (Phi) is 6.45. The van der Waals surface area contributed by atoms with E-state index in [4.69, 9.17) is 4.74 Å². The van der Waals surface area contributed by atoms with Gasteiger partial charge in [0, 0.05) is 39.6 Å². The van der Waals surface area contributed by atoms with Gasteiger partial charge in [0.1, 0.15) is 0 Å². The summed E-state index contributed by atoms with van der Waals surface area (Å²) in [5.74, 6) is -0.185. The monoisotopic (exact) mass is 458 g/mol. The first-order valence-corrected chi connectivity index (χ1v) is 11.9. The molecule has 0 radical (unpaired) electrons. The Balaban J connectivity index is 1.34. The van der Waals surface area contributed by atoms with E-state index >= 15 is 0 Å². The van der Waals surface area contributed by atoms with Crippen molar-refractivity contribution in [3.63, 3.8) is 0 Å². The molecule has 0 spiro atoms. The number of hydrogen-bond donors (Lipinski definition) is 1. The van der Waals surface area contributed by atoms with Crippen LogP contribution in [0.4, 0.5) is 0 Å². The number of aryl methyl sites for hydroxylation is 2. The summed E-state index contributed by atoms with van der Waals surface area (Å²) in [5, 5.41) is 2.83. The molecular weight excluding hydrogens is 432 g/mol. The first kappa shape index (κ1) is 22.3. The summed E-state index contributed by atoms with van der Waals surface area (Å²) in [5.41, 5.74) is 2.26. The molecule has 0 aliphatic carbocycles. The maximum atomic E-state index is 12.7. The molecule has 2 heterocycles. The molecule has 1 aliphatic rings. The van der Waals surface area contributed by atoms with Crippen LogP contribution >= 0.6 is 0 Å². The number of ether oxygens (including phenoxy) is 1. The maximum Gasteiger partial charge on any atom is 0.328 e. The van der Waals surface area contributed by atoms with Crippen molar-refractivity contribution in [3.05, 3.63) is 64.6 Å². The number of para-hydroxylation sites is 2. The Morgan fingerprint density at radius 3 is 2.38 bits per heavy atom. The van der Waals surface area contributed by atoms with Crippen LogP contribution in [-0.4, -0.2) is 54.1 Å². The lowest BCUT2D eigenvalue weighted by Gasteiger charge is -2.26. The highest BCUT2D eigenvalue weighted by atomic mass is 32.2. The molecule has 1 aliphatic heterocycles. The number of aromatic nitrogens is 2. The first-order chi connectivity index (χ1) is 15.4. The van der Waals surface area contributed by atoms with Crippen LogP contribution in [0.5, 0.6) is 0 Å². The summed E-state index contributed by atoms with van der Waals surface area (Å²) in [6.45, 7) is 2.05. The van der Waals surface area contributed by atoms with Gasteiger partial charge in [-0.2, -0.15) is 4.31 Å². The van der Waals surface area contributed by atoms with Gasteiger partial charge in [-0.3, -0.25) is 13.9 Å². The van der Waals surface area contributed by atoms with Gasteiger partial charge in [-0.15, -0.1) is 0 Å². The quantitative estimate of drug-likeness (QED) is 0.571. The second-order valence-electron chi connectivity index (χ2n) is 7.67. The third-order valence-corrected chi connectivity index (χ3v) is 7.55. The predicted octanol–water partition coefficient (Wildman–Crippen LogP) is 1.07. The van der Waals surface area contributed by atoms with E-state index in [-0.39, 0.29) is 36.0 Å². The van der Waals surface area contributed by atoms with Crippen LogP contribution in [-0.2, 0) is 39.7 Å². The molecule has 1 aromatic heterocycles. The summed E-state index contributed by atoms with van der Waals surface area (Å²) in [6, 6.07) is 14.0. The Labute approximate surface area is 186 Å². The predicted molar refractivity (Wildman–Crippen MR) is 120 cm³/mol. The lowest BCUT2D eigenvalue weighted by molar-refractivity contribution is -0.121. The third-order valence-electron chi connectivity index (χ3n) is 5.64. The number of sulfonamides is 1. The van der Waals surface area contributed by atoms with Crippen LogP contribution < -0.4 is 11.0 Å². The molecule has 4 rings (SSSR count). The van der Waals surface area contributed by atoms with Crippen LogP contribution in [0, 0.1) is 0 Å². The molecular formula is C22H26N4O5S. The summed E-state index contributed by atoms with van der Waals surface area (Å²) < 4.78 is 35.2. The first-order valence-electron chi connectivity index (χ1n) is 10.5. The van der Waals surface area contributed by atoms with E-state index in [1.807, 2.05) is 24.3 Å². The Morgan fingerprint density at radius 2 is 1.69 bits per heavy atom. The highest BCUT2D eigenvalue weighted by Gasteiger charge is 2.26. The van der Waals surface area contributed by atoms with Gasteiger partial charge in [-0.05, 0) is 29.8 Å². The van der Waals surface area contributed by atoms with Gasteiger partial charge < -0.3 is 10.1 Å². The van der Waals surface area contributed by atoms with E-state index in [2.05, 4.69) is 5.32 Å². The van der Waals surface area contributed by atoms with E-state index in [0.29, 0.717) is 26.3 Å². The van der Waals surface area contributed by atoms with E-state index < -0.39 is 10.0 Å². The van der Waals surface area contributed by atoms with E-state index in [1.54, 1.807) is 40.4 Å². The van der Waals surface area contributed by atoms with Crippen molar-refractivity contribution >= 4 is 27.0 Å². The van der Waals surface area contributed by atoms with Crippen molar-refractivity contribution < 1.29 is 17.9 Å². The van der Waals surface area contributed by atoms with Crippen LogP contribution in [0.3, 0.4) is 0 Å². The van der Waals surface area contributed by atoms with Crippen molar-refractivity contribution in [3.8, 4) is 0 Å². The number of nitrogens with one attached hydrogen (secondary N) is 1. The van der Waals surface area contributed by atoms with Gasteiger partial charge in [0.25, 0.3) is 0 Å². The van der Waals surface area contributed by atoms with Gasteiger partial charge >= 0.3 is 5.69 Å². The van der Waals surface area contributed by atoms with Gasteiger partial charge in [0.2, 0.25) is 15.9 Å². The van der Waals surface area contributed by atoms with Crippen molar-refractivity contribution in [2.45, 2.75) is 24.4 Å². The van der Waals surface area contributed by atoms with Crippen LogP contribution in [0.2, 0.25) is 0 Å². The van der Waals surface area contributed by atoms with Crippen LogP contribution in [0.1, 0.15) is 12.0 Å². The number of fused-ring (bicyclic) bond motifs is 1. The zero-order chi connectivity index (χ0) is 22.7. The molecule has 2 aromatic carbocycles. The molecule has 0 unspecified atom stereocenters. The molecule has 32 heavy (non-hydrogen) atoms. The normalized spacial score (nSPS) is 15.2. The fourth-order valence-electron chi connectivity index (χ4n) is 3.80. The minimum absolute atomic E-state index is 0.156. The number of morpholine rings is 1. The summed E-state index contributed by atoms with van der Waals surface area (Å²) in [7, 11) is -1.83. The van der Waals surface area contributed by atoms with Gasteiger partial charge in [-0.1, -0.05) is 24.3 Å². The van der Waals surface area contributed by atoms with E-state index in [1.165, 1.54) is 4.31 Å². The van der Waals surface area contributed by atoms with Crippen molar-refractivity contribution in [1.82, 2.24) is 18.8 Å². The molecule has 3 aromatic rings. The Hall–Kier alpha value is -2.95. The number of imidazole rings is 1.